The first-order chi connectivity index (χ1) is 7.19. The number of hydrogen-bond acceptors (Lipinski definition) is 6. The fraction of sp³-hybridized carbons (Fsp3) is 0.571. The van der Waals surface area contributed by atoms with Crippen LogP contribution in [-0.2, 0) is 9.47 Å². The average Bonchev–Trinajstić information content (AvgIpc) is 2.66. The molecule has 0 aromatic carbocycles. The number of aromatic amines is 1. The smallest absolute Gasteiger partial charge is 0.275 e. The van der Waals surface area contributed by atoms with Gasteiger partial charge in [0, 0.05) is 14.2 Å². The zero-order chi connectivity index (χ0) is 11.3. The Morgan fingerprint density at radius 3 is 2.67 bits per heavy atom. The van der Waals surface area contributed by atoms with E-state index in [-0.39, 0.29) is 18.1 Å². The summed E-state index contributed by atoms with van der Waals surface area (Å²) >= 11 is 0. The third-order valence-electron chi connectivity index (χ3n) is 1.75. The van der Waals surface area contributed by atoms with Crippen LogP contribution in [0.5, 0.6) is 0 Å². The van der Waals surface area contributed by atoms with Crippen LogP contribution in [0.3, 0.4) is 0 Å². The number of nitrogens with one attached hydrogen (secondary N) is 2. The van der Waals surface area contributed by atoms with E-state index in [4.69, 9.17) is 15.2 Å². The van der Waals surface area contributed by atoms with E-state index in [9.17, 15) is 4.79 Å². The molecule has 4 N–H and O–H groups in total. The first-order valence-corrected chi connectivity index (χ1v) is 4.19. The number of amides is 1. The van der Waals surface area contributed by atoms with Crippen molar-refractivity contribution in [2.75, 3.05) is 26.5 Å². The monoisotopic (exact) mass is 215 g/mol. The maximum Gasteiger partial charge on any atom is 0.275 e. The van der Waals surface area contributed by atoms with Crippen LogP contribution in [0.2, 0.25) is 0 Å². The minimum absolute atomic E-state index is 0.0545. The Kier molecular flexibility index (Phi) is 4.01. The number of ether oxygens (including phenoxy) is 2. The van der Waals surface area contributed by atoms with Gasteiger partial charge in [-0.25, -0.2) is 0 Å². The second-order valence-electron chi connectivity index (χ2n) is 2.67. The van der Waals surface area contributed by atoms with E-state index >= 15 is 0 Å². The van der Waals surface area contributed by atoms with Crippen molar-refractivity contribution in [1.29, 1.82) is 0 Å². The lowest BCUT2D eigenvalue weighted by atomic mass is 10.4. The van der Waals surface area contributed by atoms with E-state index in [0.717, 1.165) is 0 Å². The Hall–Kier alpha value is -1.67. The summed E-state index contributed by atoms with van der Waals surface area (Å²) in [5, 5.41) is 11.9. The number of nitrogens with zero attached hydrogens (tertiary/aromatic N) is 2. The van der Waals surface area contributed by atoms with Crippen LogP contribution in [0.1, 0.15) is 10.5 Å². The van der Waals surface area contributed by atoms with Gasteiger partial charge in [0.1, 0.15) is 0 Å². The average molecular weight is 215 g/mol. The van der Waals surface area contributed by atoms with Crippen LogP contribution in [0, 0.1) is 0 Å². The molecular weight excluding hydrogens is 202 g/mol. The molecule has 0 bridgehead atoms. The van der Waals surface area contributed by atoms with E-state index in [1.54, 1.807) is 0 Å². The van der Waals surface area contributed by atoms with Gasteiger partial charge in [0.15, 0.2) is 17.8 Å². The Morgan fingerprint density at radius 1 is 1.53 bits per heavy atom. The maximum atomic E-state index is 11.4. The number of hydrogen-bond donors (Lipinski definition) is 3. The molecule has 8 nitrogen and oxygen atoms in total. The summed E-state index contributed by atoms with van der Waals surface area (Å²) in [6.07, 6.45) is -0.498. The molecule has 0 fully saturated rings. The summed E-state index contributed by atoms with van der Waals surface area (Å²) < 4.78 is 9.77. The van der Waals surface area contributed by atoms with Crippen molar-refractivity contribution in [2.45, 2.75) is 6.29 Å². The molecule has 0 atom stereocenters. The van der Waals surface area contributed by atoms with Crippen LogP contribution in [0.15, 0.2) is 0 Å². The Bertz CT molecular complexity index is 322. The molecule has 0 saturated heterocycles. The molecule has 0 saturated carbocycles. The number of nitrogen functional groups attached to an aromatic ring is 1. The quantitative estimate of drug-likeness (QED) is 0.528. The Balaban J connectivity index is 2.47. The second kappa shape index (κ2) is 5.27. The molecule has 15 heavy (non-hydrogen) atoms. The lowest BCUT2D eigenvalue weighted by Crippen LogP contribution is -2.34. The summed E-state index contributed by atoms with van der Waals surface area (Å²) in [6, 6.07) is 0. The van der Waals surface area contributed by atoms with Crippen LogP contribution in [0.4, 0.5) is 5.82 Å². The SMILES string of the molecule is COC(CNC(=O)c1n[nH]nc1N)OC. The van der Waals surface area contributed by atoms with Gasteiger partial charge in [-0.1, -0.05) is 0 Å². The van der Waals surface area contributed by atoms with Gasteiger partial charge in [-0.05, 0) is 0 Å². The molecule has 1 aromatic heterocycles. The van der Waals surface area contributed by atoms with Crippen molar-refractivity contribution in [2.24, 2.45) is 0 Å². The van der Waals surface area contributed by atoms with Crippen molar-refractivity contribution in [1.82, 2.24) is 20.7 Å². The molecule has 0 unspecified atom stereocenters. The number of carbonyl (C=O) groups excluding carboxylic acids is 1. The first kappa shape index (κ1) is 11.4. The second-order valence-corrected chi connectivity index (χ2v) is 2.67. The van der Waals surface area contributed by atoms with Gasteiger partial charge in [-0.15, -0.1) is 10.2 Å². The van der Waals surface area contributed by atoms with Crippen LogP contribution < -0.4 is 11.1 Å². The fourth-order valence-electron chi connectivity index (χ4n) is 0.929. The summed E-state index contributed by atoms with van der Waals surface area (Å²) in [4.78, 5) is 11.4. The Morgan fingerprint density at radius 2 is 2.20 bits per heavy atom. The lowest BCUT2D eigenvalue weighted by Gasteiger charge is -2.13. The highest BCUT2D eigenvalue weighted by molar-refractivity contribution is 5.96. The third kappa shape index (κ3) is 2.89. The van der Waals surface area contributed by atoms with Gasteiger partial charge in [0.25, 0.3) is 5.91 Å². The molecule has 84 valence electrons. The molecule has 0 spiro atoms. The predicted octanol–water partition coefficient (Wildman–Crippen LogP) is -1.26. The molecule has 0 aliphatic heterocycles. The largest absolute Gasteiger partial charge is 0.380 e. The normalized spacial score (nSPS) is 10.6. The minimum Gasteiger partial charge on any atom is -0.380 e. The topological polar surface area (TPSA) is 115 Å². The van der Waals surface area contributed by atoms with E-state index in [1.165, 1.54) is 14.2 Å². The summed E-state index contributed by atoms with van der Waals surface area (Å²) in [5.41, 5.74) is 5.44. The molecule has 8 heteroatoms. The van der Waals surface area contributed by atoms with E-state index in [2.05, 4.69) is 20.7 Å². The number of rotatable bonds is 5. The van der Waals surface area contributed by atoms with Gasteiger partial charge in [0.05, 0.1) is 6.54 Å². The highest BCUT2D eigenvalue weighted by Gasteiger charge is 2.15. The van der Waals surface area contributed by atoms with E-state index in [0.29, 0.717) is 0 Å². The molecule has 0 aliphatic rings. The third-order valence-corrected chi connectivity index (χ3v) is 1.75. The zero-order valence-corrected chi connectivity index (χ0v) is 8.48. The molecule has 0 radical (unpaired) electrons. The summed E-state index contributed by atoms with van der Waals surface area (Å²) in [5.74, 6) is -0.376. The van der Waals surface area contributed by atoms with E-state index in [1.807, 2.05) is 0 Å². The maximum absolute atomic E-state index is 11.4. The van der Waals surface area contributed by atoms with Gasteiger partial charge in [0.2, 0.25) is 0 Å². The zero-order valence-electron chi connectivity index (χ0n) is 8.48. The van der Waals surface area contributed by atoms with Gasteiger partial charge >= 0.3 is 0 Å². The van der Waals surface area contributed by atoms with Crippen LogP contribution in [0.25, 0.3) is 0 Å². The van der Waals surface area contributed by atoms with Crippen molar-refractivity contribution in [3.05, 3.63) is 5.69 Å². The van der Waals surface area contributed by atoms with Crippen molar-refractivity contribution < 1.29 is 14.3 Å². The van der Waals surface area contributed by atoms with Crippen molar-refractivity contribution in [3.63, 3.8) is 0 Å². The minimum atomic E-state index is -0.498. The molecule has 1 aromatic rings. The lowest BCUT2D eigenvalue weighted by molar-refractivity contribution is -0.0974. The van der Waals surface area contributed by atoms with Gasteiger partial charge in [-0.2, -0.15) is 5.21 Å². The van der Waals surface area contributed by atoms with Gasteiger partial charge in [-0.3, -0.25) is 4.79 Å². The van der Waals surface area contributed by atoms with Gasteiger partial charge < -0.3 is 20.5 Å². The number of anilines is 1. The van der Waals surface area contributed by atoms with E-state index < -0.39 is 12.2 Å². The number of H-pyrrole nitrogens is 1. The number of aromatic nitrogens is 3. The standard InChI is InChI=1S/C7H13N5O3/c1-14-4(15-2)3-9-7(13)5-6(8)11-12-10-5/h4H,3H2,1-2H3,(H,9,13)(H3,8,10,11,12). The number of methoxy groups -OCH3 is 2. The molecule has 1 amide bonds. The van der Waals surface area contributed by atoms with Crippen molar-refractivity contribution in [3.8, 4) is 0 Å². The Labute approximate surface area is 86.1 Å². The molecular formula is C7H13N5O3. The van der Waals surface area contributed by atoms with Crippen molar-refractivity contribution >= 4 is 11.7 Å². The summed E-state index contributed by atoms with van der Waals surface area (Å²) in [6.45, 7) is 0.206. The van der Waals surface area contributed by atoms with Crippen LogP contribution in [-0.4, -0.2) is 48.4 Å². The number of nitrogens with two attached hydrogens (primary N) is 1. The highest BCUT2D eigenvalue weighted by atomic mass is 16.7. The van der Waals surface area contributed by atoms with Crippen LogP contribution >= 0.6 is 0 Å². The first-order valence-electron chi connectivity index (χ1n) is 4.19. The summed E-state index contributed by atoms with van der Waals surface area (Å²) in [7, 11) is 2.95. The molecule has 1 rings (SSSR count). The number of carbonyl (C=O) groups is 1. The predicted molar refractivity (Wildman–Crippen MR) is 50.9 cm³/mol. The highest BCUT2D eigenvalue weighted by Crippen LogP contribution is 2.01. The molecule has 1 heterocycles. The molecule has 0 aliphatic carbocycles. The fourth-order valence-corrected chi connectivity index (χ4v) is 0.929.